The second kappa shape index (κ2) is 6.48. The maximum Gasteiger partial charge on any atom is 0.433 e. The molecule has 0 saturated carbocycles. The van der Waals surface area contributed by atoms with E-state index in [0.717, 1.165) is 12.6 Å². The summed E-state index contributed by atoms with van der Waals surface area (Å²) in [4.78, 5) is 16.1. The monoisotopic (exact) mass is 365 g/mol. The van der Waals surface area contributed by atoms with Crippen molar-refractivity contribution in [1.29, 1.82) is 0 Å². The summed E-state index contributed by atoms with van der Waals surface area (Å²) in [5, 5.41) is 0. The number of morpholine rings is 1. The number of alkyl halides is 3. The molecule has 2 aromatic heterocycles. The van der Waals surface area contributed by atoms with Crippen LogP contribution >= 0.6 is 0 Å². The zero-order chi connectivity index (χ0) is 18.3. The summed E-state index contributed by atoms with van der Waals surface area (Å²) in [5.74, 6) is 0.282. The summed E-state index contributed by atoms with van der Waals surface area (Å²) in [7, 11) is 2.01. The number of rotatable bonds is 2. The van der Waals surface area contributed by atoms with Crippen molar-refractivity contribution in [2.24, 2.45) is 0 Å². The van der Waals surface area contributed by atoms with Crippen LogP contribution in [0.3, 0.4) is 0 Å². The maximum absolute atomic E-state index is 13.4. The first kappa shape index (κ1) is 17.2. The first-order valence-electron chi connectivity index (χ1n) is 8.35. The van der Waals surface area contributed by atoms with Gasteiger partial charge in [0.15, 0.2) is 11.5 Å². The minimum absolute atomic E-state index is 0.0204. The van der Waals surface area contributed by atoms with Crippen molar-refractivity contribution in [2.45, 2.75) is 18.3 Å². The van der Waals surface area contributed by atoms with Gasteiger partial charge < -0.3 is 9.64 Å². The van der Waals surface area contributed by atoms with Crippen LogP contribution in [0.5, 0.6) is 0 Å². The molecule has 0 aliphatic carbocycles. The molecule has 0 amide bonds. The Bertz CT molecular complexity index is 786. The highest BCUT2D eigenvalue weighted by molar-refractivity contribution is 5.57. The van der Waals surface area contributed by atoms with E-state index < -0.39 is 11.9 Å². The van der Waals surface area contributed by atoms with Crippen molar-refractivity contribution < 1.29 is 17.9 Å². The molecule has 9 heteroatoms. The Morgan fingerprint density at radius 1 is 1.23 bits per heavy atom. The molecule has 138 valence electrons. The molecular formula is C17H18F3N5O. The number of hydrogen-bond acceptors (Lipinski definition) is 6. The summed E-state index contributed by atoms with van der Waals surface area (Å²) in [6, 6.07) is 4.45. The topological polar surface area (TPSA) is 54.4 Å². The van der Waals surface area contributed by atoms with E-state index >= 15 is 0 Å². The van der Waals surface area contributed by atoms with Gasteiger partial charge in [0.1, 0.15) is 5.82 Å². The van der Waals surface area contributed by atoms with Crippen molar-refractivity contribution in [1.82, 2.24) is 19.9 Å². The molecule has 0 bridgehead atoms. The van der Waals surface area contributed by atoms with Gasteiger partial charge in [0.25, 0.3) is 0 Å². The van der Waals surface area contributed by atoms with Crippen LogP contribution in [0, 0.1) is 0 Å². The highest BCUT2D eigenvalue weighted by Gasteiger charge is 2.40. The van der Waals surface area contributed by atoms with Crippen LogP contribution in [0.2, 0.25) is 0 Å². The molecule has 26 heavy (non-hydrogen) atoms. The zero-order valence-corrected chi connectivity index (χ0v) is 14.1. The van der Waals surface area contributed by atoms with Gasteiger partial charge in [0.05, 0.1) is 18.8 Å². The number of pyridine rings is 1. The summed E-state index contributed by atoms with van der Waals surface area (Å²) in [6.45, 7) is 2.52. The lowest BCUT2D eigenvalue weighted by Gasteiger charge is -2.33. The average Bonchev–Trinajstić information content (AvgIpc) is 3.07. The Kier molecular flexibility index (Phi) is 4.28. The first-order chi connectivity index (χ1) is 12.4. The molecule has 0 aromatic carbocycles. The molecule has 4 rings (SSSR count). The third kappa shape index (κ3) is 3.24. The summed E-state index contributed by atoms with van der Waals surface area (Å²) in [6.07, 6.45) is -1.56. The zero-order valence-electron chi connectivity index (χ0n) is 14.1. The standard InChI is InChI=1S/C17H18F3N5O/c1-24-5-6-26-13-10-25(9-12(13)24)15-7-14(17(18,19)20)22-16(23-15)11-3-2-4-21-8-11/h2-4,7-8,12-13H,5-6,9-10H2,1H3. The molecular weight excluding hydrogens is 347 g/mol. The molecule has 2 saturated heterocycles. The predicted octanol–water partition coefficient (Wildman–Crippen LogP) is 2.08. The van der Waals surface area contributed by atoms with Crippen molar-refractivity contribution in [3.05, 3.63) is 36.3 Å². The maximum atomic E-state index is 13.4. The lowest BCUT2D eigenvalue weighted by molar-refractivity contribution is -0.141. The van der Waals surface area contributed by atoms with Crippen LogP contribution in [-0.2, 0) is 10.9 Å². The largest absolute Gasteiger partial charge is 0.433 e. The van der Waals surface area contributed by atoms with Gasteiger partial charge in [-0.15, -0.1) is 0 Å². The van der Waals surface area contributed by atoms with E-state index in [-0.39, 0.29) is 23.8 Å². The van der Waals surface area contributed by atoms with Gasteiger partial charge in [-0.05, 0) is 19.2 Å². The quantitative estimate of drug-likeness (QED) is 0.812. The number of ether oxygens (including phenoxy) is 1. The Hall–Kier alpha value is -2.26. The van der Waals surface area contributed by atoms with Crippen LogP contribution in [0.25, 0.3) is 11.4 Å². The van der Waals surface area contributed by atoms with Crippen LogP contribution in [-0.4, -0.2) is 65.3 Å². The Labute approximate surface area is 148 Å². The van der Waals surface area contributed by atoms with E-state index in [9.17, 15) is 13.2 Å². The number of anilines is 1. The number of halogens is 3. The van der Waals surface area contributed by atoms with E-state index in [0.29, 0.717) is 25.3 Å². The van der Waals surface area contributed by atoms with Crippen LogP contribution in [0.15, 0.2) is 30.6 Å². The molecule has 6 nitrogen and oxygen atoms in total. The van der Waals surface area contributed by atoms with Crippen molar-refractivity contribution in [2.75, 3.05) is 38.2 Å². The fourth-order valence-electron chi connectivity index (χ4n) is 3.41. The second-order valence-corrected chi connectivity index (χ2v) is 6.54. The van der Waals surface area contributed by atoms with E-state index in [1.165, 1.54) is 6.20 Å². The van der Waals surface area contributed by atoms with Crippen LogP contribution in [0.4, 0.5) is 19.0 Å². The number of hydrogen-bond donors (Lipinski definition) is 0. The normalized spacial score (nSPS) is 23.9. The molecule has 2 fully saturated rings. The Morgan fingerprint density at radius 3 is 2.77 bits per heavy atom. The smallest absolute Gasteiger partial charge is 0.373 e. The molecule has 0 radical (unpaired) electrons. The highest BCUT2D eigenvalue weighted by atomic mass is 19.4. The molecule has 0 spiro atoms. The van der Waals surface area contributed by atoms with Gasteiger partial charge in [-0.3, -0.25) is 9.88 Å². The highest BCUT2D eigenvalue weighted by Crippen LogP contribution is 2.33. The first-order valence-corrected chi connectivity index (χ1v) is 8.35. The fourth-order valence-corrected chi connectivity index (χ4v) is 3.41. The predicted molar refractivity (Wildman–Crippen MR) is 88.6 cm³/mol. The molecule has 0 N–H and O–H groups in total. The molecule has 2 unspecified atom stereocenters. The minimum Gasteiger partial charge on any atom is -0.373 e. The Balaban J connectivity index is 1.72. The third-order valence-corrected chi connectivity index (χ3v) is 4.83. The number of nitrogens with zero attached hydrogens (tertiary/aromatic N) is 5. The van der Waals surface area contributed by atoms with E-state index in [2.05, 4.69) is 19.9 Å². The molecule has 2 aliphatic rings. The summed E-state index contributed by atoms with van der Waals surface area (Å²) < 4.78 is 45.8. The molecule has 2 aliphatic heterocycles. The second-order valence-electron chi connectivity index (χ2n) is 6.54. The van der Waals surface area contributed by atoms with Gasteiger partial charge in [-0.1, -0.05) is 0 Å². The third-order valence-electron chi connectivity index (χ3n) is 4.83. The van der Waals surface area contributed by atoms with Gasteiger partial charge in [-0.25, -0.2) is 9.97 Å². The van der Waals surface area contributed by atoms with Crippen molar-refractivity contribution in [3.8, 4) is 11.4 Å². The molecule has 2 aromatic rings. The van der Waals surface area contributed by atoms with Crippen LogP contribution < -0.4 is 4.90 Å². The summed E-state index contributed by atoms with van der Waals surface area (Å²) in [5.41, 5.74) is -0.504. The summed E-state index contributed by atoms with van der Waals surface area (Å²) >= 11 is 0. The van der Waals surface area contributed by atoms with E-state index in [1.54, 1.807) is 18.3 Å². The van der Waals surface area contributed by atoms with E-state index in [4.69, 9.17) is 4.74 Å². The lowest BCUT2D eigenvalue weighted by atomic mass is 10.1. The van der Waals surface area contributed by atoms with Crippen LogP contribution in [0.1, 0.15) is 5.69 Å². The Morgan fingerprint density at radius 2 is 2.08 bits per heavy atom. The van der Waals surface area contributed by atoms with Crippen molar-refractivity contribution >= 4 is 5.82 Å². The molecule has 4 heterocycles. The van der Waals surface area contributed by atoms with Crippen molar-refractivity contribution in [3.63, 3.8) is 0 Å². The van der Waals surface area contributed by atoms with E-state index in [1.807, 2.05) is 11.9 Å². The van der Waals surface area contributed by atoms with Gasteiger partial charge in [-0.2, -0.15) is 13.2 Å². The van der Waals surface area contributed by atoms with Gasteiger partial charge in [0, 0.05) is 43.7 Å². The SMILES string of the molecule is CN1CCOC2CN(c3cc(C(F)(F)F)nc(-c4cccnc4)n3)CC21. The number of aromatic nitrogens is 3. The average molecular weight is 365 g/mol. The number of likely N-dealkylation sites (N-methyl/N-ethyl adjacent to an activating group) is 1. The molecule has 2 atom stereocenters. The lowest BCUT2D eigenvalue weighted by Crippen LogP contribution is -2.48. The fraction of sp³-hybridized carbons (Fsp3) is 0.471. The number of fused-ring (bicyclic) bond motifs is 1. The van der Waals surface area contributed by atoms with Gasteiger partial charge >= 0.3 is 6.18 Å². The minimum atomic E-state index is -4.55. The van der Waals surface area contributed by atoms with Gasteiger partial charge in [0.2, 0.25) is 0 Å².